The highest BCUT2D eigenvalue weighted by atomic mass is 35.5. The molecule has 1 aromatic carbocycles. The van der Waals surface area contributed by atoms with Gasteiger partial charge in [-0.3, -0.25) is 4.79 Å². The van der Waals surface area contributed by atoms with Crippen LogP contribution in [0.4, 0.5) is 4.39 Å². The molecule has 80 valence electrons. The van der Waals surface area contributed by atoms with Crippen molar-refractivity contribution in [3.63, 3.8) is 0 Å². The number of hydrogen-bond acceptors (Lipinski definition) is 2. The minimum atomic E-state index is -0.896. The highest BCUT2D eigenvalue weighted by Crippen LogP contribution is 2.28. The van der Waals surface area contributed by atoms with E-state index in [2.05, 4.69) is 6.58 Å². The zero-order valence-corrected chi connectivity index (χ0v) is 9.11. The van der Waals surface area contributed by atoms with Crippen molar-refractivity contribution < 1.29 is 13.9 Å². The second kappa shape index (κ2) is 5.14. The lowest BCUT2D eigenvalue weighted by Gasteiger charge is -2.07. The van der Waals surface area contributed by atoms with Gasteiger partial charge in [-0.2, -0.15) is 0 Å². The van der Waals surface area contributed by atoms with Crippen LogP contribution in [-0.4, -0.2) is 11.8 Å². The van der Waals surface area contributed by atoms with Crippen LogP contribution in [0, 0.1) is 5.82 Å². The first-order valence-corrected chi connectivity index (χ1v) is 4.74. The van der Waals surface area contributed by atoms with Gasteiger partial charge in [0.15, 0.2) is 0 Å². The zero-order chi connectivity index (χ0) is 11.4. The lowest BCUT2D eigenvalue weighted by molar-refractivity contribution is 0.107. The molecule has 0 spiro atoms. The minimum absolute atomic E-state index is 0.0796. The third kappa shape index (κ3) is 2.94. The molecule has 0 heterocycles. The fourth-order valence-corrected chi connectivity index (χ4v) is 1.29. The topological polar surface area (TPSA) is 26.3 Å². The summed E-state index contributed by atoms with van der Waals surface area (Å²) in [5.74, 6) is -0.576. The molecule has 0 aliphatic heterocycles. The third-order valence-corrected chi connectivity index (χ3v) is 2.09. The molecule has 0 N–H and O–H groups in total. The summed E-state index contributed by atoms with van der Waals surface area (Å²) >= 11 is 10.9. The van der Waals surface area contributed by atoms with E-state index in [1.807, 2.05) is 0 Å². The van der Waals surface area contributed by atoms with Crippen molar-refractivity contribution in [1.29, 1.82) is 0 Å². The van der Waals surface area contributed by atoms with Crippen molar-refractivity contribution in [2.75, 3.05) is 6.61 Å². The van der Waals surface area contributed by atoms with Crippen molar-refractivity contribution >= 4 is 28.4 Å². The highest BCUT2D eigenvalue weighted by molar-refractivity contribution is 6.67. The maximum absolute atomic E-state index is 13.1. The maximum Gasteiger partial charge on any atom is 0.255 e. The Bertz CT molecular complexity index is 405. The Morgan fingerprint density at radius 1 is 1.60 bits per heavy atom. The predicted octanol–water partition coefficient (Wildman–Crippen LogP) is 3.42. The Kier molecular flexibility index (Phi) is 4.12. The molecule has 0 atom stereocenters. The average molecular weight is 249 g/mol. The first-order chi connectivity index (χ1) is 7.06. The molecule has 0 amide bonds. The van der Waals surface area contributed by atoms with Crippen LogP contribution in [0.2, 0.25) is 5.02 Å². The molecule has 0 aromatic heterocycles. The number of carbonyl (C=O) groups is 1. The quantitative estimate of drug-likeness (QED) is 0.603. The molecule has 15 heavy (non-hydrogen) atoms. The number of ether oxygens (including phenoxy) is 1. The van der Waals surface area contributed by atoms with E-state index in [0.29, 0.717) is 0 Å². The van der Waals surface area contributed by atoms with Crippen LogP contribution in [0.25, 0.3) is 0 Å². The molecule has 0 aliphatic carbocycles. The number of carbonyl (C=O) groups excluding carboxylic acids is 1. The SMILES string of the molecule is C=CCOc1cc(C(=O)Cl)c(F)cc1Cl. The van der Waals surface area contributed by atoms with Gasteiger partial charge in [0.05, 0.1) is 10.6 Å². The van der Waals surface area contributed by atoms with E-state index >= 15 is 0 Å². The van der Waals surface area contributed by atoms with Crippen molar-refractivity contribution in [3.8, 4) is 5.75 Å². The van der Waals surface area contributed by atoms with E-state index in [0.717, 1.165) is 12.1 Å². The van der Waals surface area contributed by atoms with E-state index in [-0.39, 0.29) is 22.9 Å². The van der Waals surface area contributed by atoms with Crippen molar-refractivity contribution in [2.45, 2.75) is 0 Å². The minimum Gasteiger partial charge on any atom is -0.488 e. The van der Waals surface area contributed by atoms with E-state index < -0.39 is 11.1 Å². The lowest BCUT2D eigenvalue weighted by Crippen LogP contribution is -1.99. The van der Waals surface area contributed by atoms with Crippen LogP contribution in [0.1, 0.15) is 10.4 Å². The summed E-state index contributed by atoms with van der Waals surface area (Å²) in [6, 6.07) is 2.14. The summed E-state index contributed by atoms with van der Waals surface area (Å²) in [5, 5.41) is -0.816. The number of benzene rings is 1. The Hall–Kier alpha value is -1.06. The summed E-state index contributed by atoms with van der Waals surface area (Å²) in [6.45, 7) is 3.65. The molecule has 1 rings (SSSR count). The van der Waals surface area contributed by atoms with Crippen molar-refractivity contribution in [1.82, 2.24) is 0 Å². The molecule has 0 radical (unpaired) electrons. The van der Waals surface area contributed by atoms with Gasteiger partial charge >= 0.3 is 0 Å². The Morgan fingerprint density at radius 3 is 2.80 bits per heavy atom. The molecule has 0 unspecified atom stereocenters. The van der Waals surface area contributed by atoms with Crippen molar-refractivity contribution in [2.24, 2.45) is 0 Å². The van der Waals surface area contributed by atoms with Gasteiger partial charge in [-0.05, 0) is 23.7 Å². The molecule has 0 bridgehead atoms. The first kappa shape index (κ1) is 12.0. The Labute approximate surface area is 96.2 Å². The lowest BCUT2D eigenvalue weighted by atomic mass is 10.2. The fraction of sp³-hybridized carbons (Fsp3) is 0.100. The number of rotatable bonds is 4. The molecule has 2 nitrogen and oxygen atoms in total. The monoisotopic (exact) mass is 248 g/mol. The molecule has 5 heteroatoms. The van der Waals surface area contributed by atoms with E-state index in [1.54, 1.807) is 0 Å². The molecule has 1 aromatic rings. The Balaban J connectivity index is 3.11. The summed E-state index contributed by atoms with van der Waals surface area (Å²) in [4.78, 5) is 10.8. The largest absolute Gasteiger partial charge is 0.488 e. The fourth-order valence-electron chi connectivity index (χ4n) is 0.939. The summed E-state index contributed by atoms with van der Waals surface area (Å²) < 4.78 is 18.2. The van der Waals surface area contributed by atoms with Crippen LogP contribution < -0.4 is 4.74 Å². The second-order valence-electron chi connectivity index (χ2n) is 2.64. The van der Waals surface area contributed by atoms with E-state index in [1.165, 1.54) is 6.08 Å². The predicted molar refractivity (Wildman–Crippen MR) is 57.3 cm³/mol. The molecule has 0 aliphatic rings. The molecular weight excluding hydrogens is 242 g/mol. The standard InChI is InChI=1S/C10H7Cl2FO2/c1-2-3-15-9-4-6(10(12)14)8(13)5-7(9)11/h2,4-5H,1,3H2. The maximum atomic E-state index is 13.1. The van der Waals surface area contributed by atoms with Crippen LogP contribution in [0.15, 0.2) is 24.8 Å². The van der Waals surface area contributed by atoms with Crippen molar-refractivity contribution in [3.05, 3.63) is 41.2 Å². The van der Waals surface area contributed by atoms with Gasteiger partial charge in [-0.15, -0.1) is 0 Å². The third-order valence-electron chi connectivity index (χ3n) is 1.59. The van der Waals surface area contributed by atoms with E-state index in [9.17, 15) is 9.18 Å². The van der Waals surface area contributed by atoms with E-state index in [4.69, 9.17) is 27.9 Å². The number of halogens is 3. The van der Waals surface area contributed by atoms with Gasteiger partial charge < -0.3 is 4.74 Å². The van der Waals surface area contributed by atoms with Crippen LogP contribution in [0.5, 0.6) is 5.75 Å². The van der Waals surface area contributed by atoms with Gasteiger partial charge in [0.25, 0.3) is 5.24 Å². The first-order valence-electron chi connectivity index (χ1n) is 3.99. The summed E-state index contributed by atoms with van der Waals surface area (Å²) in [6.07, 6.45) is 1.50. The Morgan fingerprint density at radius 2 is 2.27 bits per heavy atom. The smallest absolute Gasteiger partial charge is 0.255 e. The number of hydrogen-bond donors (Lipinski definition) is 0. The van der Waals surface area contributed by atoms with Gasteiger partial charge in [0.1, 0.15) is 18.2 Å². The van der Waals surface area contributed by atoms with Gasteiger partial charge in [0, 0.05) is 0 Å². The second-order valence-corrected chi connectivity index (χ2v) is 3.39. The molecule has 0 saturated carbocycles. The molecular formula is C10H7Cl2FO2. The average Bonchev–Trinajstić information content (AvgIpc) is 2.16. The highest BCUT2D eigenvalue weighted by Gasteiger charge is 2.13. The molecule has 0 saturated heterocycles. The normalized spacial score (nSPS) is 9.80. The van der Waals surface area contributed by atoms with Crippen LogP contribution >= 0.6 is 23.2 Å². The van der Waals surface area contributed by atoms with Gasteiger partial charge in [-0.25, -0.2) is 4.39 Å². The molecule has 0 fully saturated rings. The van der Waals surface area contributed by atoms with Gasteiger partial charge in [-0.1, -0.05) is 24.3 Å². The summed E-state index contributed by atoms with van der Waals surface area (Å²) in [5.41, 5.74) is -0.264. The summed E-state index contributed by atoms with van der Waals surface area (Å²) in [7, 11) is 0. The zero-order valence-electron chi connectivity index (χ0n) is 7.60. The van der Waals surface area contributed by atoms with Crippen LogP contribution in [-0.2, 0) is 0 Å². The van der Waals surface area contributed by atoms with Gasteiger partial charge in [0.2, 0.25) is 0 Å². The van der Waals surface area contributed by atoms with Crippen LogP contribution in [0.3, 0.4) is 0 Å².